The van der Waals surface area contributed by atoms with E-state index in [1.807, 2.05) is 18.2 Å². The highest BCUT2D eigenvalue weighted by Gasteiger charge is 2.45. The van der Waals surface area contributed by atoms with Crippen molar-refractivity contribution in [3.63, 3.8) is 0 Å². The second kappa shape index (κ2) is 10.0. The Morgan fingerprint density at radius 1 is 0.885 bits per heavy atom. The first kappa shape index (κ1) is 23.3. The number of hydrogen-bond donors (Lipinski definition) is 0. The summed E-state index contributed by atoms with van der Waals surface area (Å²) in [5, 5.41) is 0. The topological polar surface area (TPSA) is 52.6 Å². The van der Waals surface area contributed by atoms with E-state index in [9.17, 15) is 8.42 Å². The lowest BCUT2D eigenvalue weighted by molar-refractivity contribution is 0.166. The second-order valence-electron chi connectivity index (χ2n) is 8.17. The van der Waals surface area contributed by atoms with Gasteiger partial charge < -0.3 is 4.43 Å². The van der Waals surface area contributed by atoms with E-state index in [1.165, 1.54) is 5.56 Å². The molecule has 1 atom stereocenters. The maximum absolute atomic E-state index is 11.5. The van der Waals surface area contributed by atoms with Crippen LogP contribution in [0.1, 0.15) is 47.1 Å². The van der Waals surface area contributed by atoms with Crippen LogP contribution in [0.4, 0.5) is 0 Å². The molecule has 0 aliphatic carbocycles. The molecule has 6 heteroatoms. The van der Waals surface area contributed by atoms with Gasteiger partial charge in [-0.3, -0.25) is 4.18 Å². The molecule has 0 saturated carbocycles. The highest BCUT2D eigenvalue weighted by atomic mass is 32.2. The molecule has 0 aliphatic rings. The molecule has 1 aromatic carbocycles. The molecule has 0 spiro atoms. The Morgan fingerprint density at radius 2 is 1.38 bits per heavy atom. The molecule has 0 bridgehead atoms. The fourth-order valence-electron chi connectivity index (χ4n) is 4.10. The van der Waals surface area contributed by atoms with Crippen molar-refractivity contribution in [3.05, 3.63) is 35.9 Å². The van der Waals surface area contributed by atoms with Gasteiger partial charge in [0.25, 0.3) is 10.1 Å². The normalized spacial score (nSPS) is 14.4. The molecule has 0 saturated heterocycles. The van der Waals surface area contributed by atoms with E-state index in [2.05, 4.69) is 53.7 Å². The van der Waals surface area contributed by atoms with E-state index < -0.39 is 18.4 Å². The smallest absolute Gasteiger partial charge is 0.264 e. The summed E-state index contributed by atoms with van der Waals surface area (Å²) in [5.41, 5.74) is 2.66. The number of hydrogen-bond acceptors (Lipinski definition) is 4. The van der Waals surface area contributed by atoms with Crippen molar-refractivity contribution in [2.24, 2.45) is 5.92 Å². The lowest BCUT2D eigenvalue weighted by atomic mass is 10.0. The van der Waals surface area contributed by atoms with Gasteiger partial charge in [-0.25, -0.2) is 0 Å². The Bertz CT molecular complexity index is 605. The molecule has 150 valence electrons. The first-order valence-corrected chi connectivity index (χ1v) is 13.5. The molecule has 0 fully saturated rings. The highest BCUT2D eigenvalue weighted by Crippen LogP contribution is 2.42. The molecule has 1 rings (SSSR count). The zero-order valence-electron chi connectivity index (χ0n) is 17.4. The molecular formula is C20H36O4SSi. The predicted octanol–water partition coefficient (Wildman–Crippen LogP) is 5.01. The van der Waals surface area contributed by atoms with E-state index in [-0.39, 0.29) is 12.5 Å². The standard InChI is InChI=1S/C20H36O4SSi/c1-16(2)26(17(3)4,18(5)6)24-15-20(14-23-25(7,21)22)13-19-11-9-8-10-12-19/h8-12,16-18,20H,13-15H2,1-7H3. The fraction of sp³-hybridized carbons (Fsp3) is 0.700. The second-order valence-corrected chi connectivity index (χ2v) is 15.3. The minimum atomic E-state index is -3.46. The van der Waals surface area contributed by atoms with Crippen LogP contribution < -0.4 is 0 Å². The van der Waals surface area contributed by atoms with Crippen LogP contribution in [0.5, 0.6) is 0 Å². The summed E-state index contributed by atoms with van der Waals surface area (Å²) in [6.45, 7) is 14.2. The van der Waals surface area contributed by atoms with Gasteiger partial charge in [-0.1, -0.05) is 71.9 Å². The van der Waals surface area contributed by atoms with Crippen LogP contribution in [-0.2, 0) is 25.1 Å². The quantitative estimate of drug-likeness (QED) is 0.387. The lowest BCUT2D eigenvalue weighted by Gasteiger charge is -2.43. The van der Waals surface area contributed by atoms with Gasteiger partial charge in [-0.15, -0.1) is 0 Å². The van der Waals surface area contributed by atoms with Crippen LogP contribution in [-0.4, -0.2) is 36.2 Å². The largest absolute Gasteiger partial charge is 0.416 e. The van der Waals surface area contributed by atoms with E-state index >= 15 is 0 Å². The maximum Gasteiger partial charge on any atom is 0.264 e. The summed E-state index contributed by atoms with van der Waals surface area (Å²) in [5.74, 6) is 0.00949. The average molecular weight is 401 g/mol. The fourth-order valence-corrected chi connectivity index (χ4v) is 10.1. The first-order valence-electron chi connectivity index (χ1n) is 9.51. The molecule has 1 aromatic rings. The van der Waals surface area contributed by atoms with Crippen molar-refractivity contribution in [3.8, 4) is 0 Å². The lowest BCUT2D eigenvalue weighted by Crippen LogP contribution is -2.49. The van der Waals surface area contributed by atoms with Gasteiger partial charge in [-0.2, -0.15) is 8.42 Å². The number of benzene rings is 1. The minimum absolute atomic E-state index is 0.00949. The van der Waals surface area contributed by atoms with E-state index in [0.717, 1.165) is 12.7 Å². The van der Waals surface area contributed by atoms with Gasteiger partial charge in [0.2, 0.25) is 0 Å². The van der Waals surface area contributed by atoms with Crippen LogP contribution >= 0.6 is 0 Å². The summed E-state index contributed by atoms with van der Waals surface area (Å²) in [7, 11) is -5.45. The zero-order chi connectivity index (χ0) is 20.0. The molecule has 0 amide bonds. The van der Waals surface area contributed by atoms with Gasteiger partial charge in [-0.05, 0) is 28.6 Å². The van der Waals surface area contributed by atoms with Gasteiger partial charge in [0.05, 0.1) is 12.9 Å². The van der Waals surface area contributed by atoms with Crippen molar-refractivity contribution >= 4 is 18.4 Å². The van der Waals surface area contributed by atoms with Crippen molar-refractivity contribution in [2.75, 3.05) is 19.5 Å². The minimum Gasteiger partial charge on any atom is -0.416 e. The Labute approximate surface area is 161 Å². The molecule has 26 heavy (non-hydrogen) atoms. The molecule has 0 aromatic heterocycles. The zero-order valence-corrected chi connectivity index (χ0v) is 19.2. The predicted molar refractivity (Wildman–Crippen MR) is 111 cm³/mol. The van der Waals surface area contributed by atoms with E-state index in [4.69, 9.17) is 8.61 Å². The molecule has 0 heterocycles. The number of rotatable bonds is 11. The summed E-state index contributed by atoms with van der Waals surface area (Å²) in [6, 6.07) is 10.1. The van der Waals surface area contributed by atoms with Crippen LogP contribution in [0.25, 0.3) is 0 Å². The Morgan fingerprint density at radius 3 is 1.81 bits per heavy atom. The third kappa shape index (κ3) is 6.80. The summed E-state index contributed by atoms with van der Waals surface area (Å²) in [4.78, 5) is 0. The monoisotopic (exact) mass is 400 g/mol. The van der Waals surface area contributed by atoms with Crippen molar-refractivity contribution in [1.29, 1.82) is 0 Å². The van der Waals surface area contributed by atoms with Crippen molar-refractivity contribution < 1.29 is 17.0 Å². The van der Waals surface area contributed by atoms with Crippen LogP contribution in [0.15, 0.2) is 30.3 Å². The third-order valence-electron chi connectivity index (χ3n) is 5.16. The first-order chi connectivity index (χ1) is 12.0. The summed E-state index contributed by atoms with van der Waals surface area (Å²) in [6.07, 6.45) is 1.85. The third-order valence-corrected chi connectivity index (χ3v) is 11.8. The maximum atomic E-state index is 11.5. The molecule has 0 radical (unpaired) electrons. The molecule has 0 aliphatic heterocycles. The van der Waals surface area contributed by atoms with Crippen LogP contribution in [0.3, 0.4) is 0 Å². The van der Waals surface area contributed by atoms with Crippen LogP contribution in [0, 0.1) is 5.92 Å². The highest BCUT2D eigenvalue weighted by molar-refractivity contribution is 7.85. The van der Waals surface area contributed by atoms with Crippen LogP contribution in [0.2, 0.25) is 16.6 Å². The van der Waals surface area contributed by atoms with Crippen molar-refractivity contribution in [1.82, 2.24) is 0 Å². The average Bonchev–Trinajstić information content (AvgIpc) is 2.52. The molecule has 1 unspecified atom stereocenters. The summed E-state index contributed by atoms with van der Waals surface area (Å²) >= 11 is 0. The summed E-state index contributed by atoms with van der Waals surface area (Å²) < 4.78 is 34.7. The molecule has 4 nitrogen and oxygen atoms in total. The van der Waals surface area contributed by atoms with E-state index in [0.29, 0.717) is 23.2 Å². The molecular weight excluding hydrogens is 364 g/mol. The van der Waals surface area contributed by atoms with Gasteiger partial charge in [0.15, 0.2) is 8.32 Å². The SMILES string of the molecule is CC(C)[Si](OCC(COS(C)(=O)=O)Cc1ccccc1)(C(C)C)C(C)C. The van der Waals surface area contributed by atoms with Gasteiger partial charge in [0, 0.05) is 12.5 Å². The molecule has 0 N–H and O–H groups in total. The van der Waals surface area contributed by atoms with Gasteiger partial charge in [0.1, 0.15) is 0 Å². The Kier molecular flexibility index (Phi) is 8.99. The van der Waals surface area contributed by atoms with E-state index in [1.54, 1.807) is 0 Å². The Balaban J connectivity index is 2.95. The van der Waals surface area contributed by atoms with Gasteiger partial charge >= 0.3 is 0 Å². The Hall–Kier alpha value is -0.693. The van der Waals surface area contributed by atoms with Crippen molar-refractivity contribution in [2.45, 2.75) is 64.6 Å².